The van der Waals surface area contributed by atoms with E-state index in [0.717, 1.165) is 12.3 Å². The van der Waals surface area contributed by atoms with Gasteiger partial charge in [-0.25, -0.2) is 0 Å². The van der Waals surface area contributed by atoms with Crippen LogP contribution < -0.4 is 5.32 Å². The molecule has 22 heavy (non-hydrogen) atoms. The Labute approximate surface area is 133 Å². The Kier molecular flexibility index (Phi) is 3.19. The van der Waals surface area contributed by atoms with Crippen LogP contribution in [-0.2, 0) is 6.42 Å². The maximum absolute atomic E-state index is 4.38. The monoisotopic (exact) mass is 294 g/mol. The number of aromatic nitrogens is 1. The van der Waals surface area contributed by atoms with Crippen molar-refractivity contribution < 1.29 is 0 Å². The first-order valence-corrected chi connectivity index (χ1v) is 8.55. The molecule has 2 aliphatic rings. The Bertz CT molecular complexity index is 709. The summed E-state index contributed by atoms with van der Waals surface area (Å²) < 4.78 is 0. The quantitative estimate of drug-likeness (QED) is 0.788. The van der Waals surface area contributed by atoms with E-state index >= 15 is 0 Å². The highest BCUT2D eigenvalue weighted by Crippen LogP contribution is 2.44. The third-order valence-corrected chi connectivity index (χ3v) is 6.06. The smallest absolute Gasteiger partial charge is 0.0456 e. The number of hydrogen-bond acceptors (Lipinski definition) is 1. The summed E-state index contributed by atoms with van der Waals surface area (Å²) in [5.41, 5.74) is 4.38. The molecular formula is C20H26N2. The van der Waals surface area contributed by atoms with Crippen LogP contribution >= 0.6 is 0 Å². The van der Waals surface area contributed by atoms with E-state index < -0.39 is 0 Å². The lowest BCUT2D eigenvalue weighted by molar-refractivity contribution is 0.0895. The number of nitrogens with one attached hydrogen (secondary N) is 2. The predicted octanol–water partition coefficient (Wildman–Crippen LogP) is 4.43. The molecule has 2 N–H and O–H groups in total. The SMILES string of the molecule is C=C1CC[C@@H]2C[C@H]1[C@H](Cc1c[nH]c3ccccc13)NC2(C)C. The molecule has 2 aromatic rings. The zero-order valence-electron chi connectivity index (χ0n) is 13.7. The van der Waals surface area contributed by atoms with Gasteiger partial charge in [0.25, 0.3) is 0 Å². The molecule has 116 valence electrons. The van der Waals surface area contributed by atoms with Crippen LogP contribution in [0, 0.1) is 11.8 Å². The number of hydrogen-bond donors (Lipinski definition) is 2. The molecule has 1 aliphatic heterocycles. The number of aromatic amines is 1. The summed E-state index contributed by atoms with van der Waals surface area (Å²) in [5, 5.41) is 5.32. The fraction of sp³-hybridized carbons (Fsp3) is 0.500. The minimum atomic E-state index is 0.244. The van der Waals surface area contributed by atoms with Crippen molar-refractivity contribution in [1.29, 1.82) is 0 Å². The molecule has 2 nitrogen and oxygen atoms in total. The van der Waals surface area contributed by atoms with Crippen LogP contribution in [0.25, 0.3) is 10.9 Å². The molecule has 0 amide bonds. The van der Waals surface area contributed by atoms with Crippen molar-refractivity contribution in [3.63, 3.8) is 0 Å². The summed E-state index contributed by atoms with van der Waals surface area (Å²) in [6.45, 7) is 9.13. The van der Waals surface area contributed by atoms with Crippen LogP contribution in [0.5, 0.6) is 0 Å². The van der Waals surface area contributed by atoms with Crippen molar-refractivity contribution in [2.45, 2.75) is 51.1 Å². The van der Waals surface area contributed by atoms with Crippen molar-refractivity contribution in [2.75, 3.05) is 0 Å². The summed E-state index contributed by atoms with van der Waals surface area (Å²) >= 11 is 0. The molecule has 1 aromatic carbocycles. The molecule has 0 spiro atoms. The summed E-state index contributed by atoms with van der Waals surface area (Å²) in [6.07, 6.45) is 7.10. The maximum atomic E-state index is 4.38. The second-order valence-electron chi connectivity index (χ2n) is 7.77. The first-order chi connectivity index (χ1) is 10.5. The predicted molar refractivity (Wildman–Crippen MR) is 93.0 cm³/mol. The second kappa shape index (κ2) is 4.99. The van der Waals surface area contributed by atoms with Gasteiger partial charge in [-0.2, -0.15) is 0 Å². The normalized spacial score (nSPS) is 30.6. The highest BCUT2D eigenvalue weighted by molar-refractivity contribution is 5.83. The number of H-pyrrole nitrogens is 1. The van der Waals surface area contributed by atoms with Crippen molar-refractivity contribution >= 4 is 10.9 Å². The largest absolute Gasteiger partial charge is 0.361 e. The van der Waals surface area contributed by atoms with Crippen LogP contribution in [0.2, 0.25) is 0 Å². The van der Waals surface area contributed by atoms with E-state index in [4.69, 9.17) is 0 Å². The van der Waals surface area contributed by atoms with E-state index in [0.29, 0.717) is 12.0 Å². The molecule has 1 saturated heterocycles. The van der Waals surface area contributed by atoms with Gasteiger partial charge in [0.2, 0.25) is 0 Å². The molecule has 1 aliphatic carbocycles. The van der Waals surface area contributed by atoms with Gasteiger partial charge in [-0.1, -0.05) is 30.4 Å². The zero-order chi connectivity index (χ0) is 15.3. The summed E-state index contributed by atoms with van der Waals surface area (Å²) in [6, 6.07) is 9.13. The molecule has 2 heterocycles. The van der Waals surface area contributed by atoms with Crippen molar-refractivity contribution in [3.8, 4) is 0 Å². The zero-order valence-corrected chi connectivity index (χ0v) is 13.7. The van der Waals surface area contributed by atoms with Crippen LogP contribution in [-0.4, -0.2) is 16.6 Å². The topological polar surface area (TPSA) is 27.8 Å². The van der Waals surface area contributed by atoms with Gasteiger partial charge < -0.3 is 10.3 Å². The molecule has 2 fully saturated rings. The highest BCUT2D eigenvalue weighted by atomic mass is 15.0. The van der Waals surface area contributed by atoms with Gasteiger partial charge in [-0.15, -0.1) is 0 Å². The molecule has 4 rings (SSSR count). The summed E-state index contributed by atoms with van der Waals surface area (Å²) in [5.74, 6) is 1.43. The molecule has 1 aromatic heterocycles. The van der Waals surface area contributed by atoms with Crippen LogP contribution in [0.1, 0.15) is 38.7 Å². The van der Waals surface area contributed by atoms with Crippen molar-refractivity contribution in [3.05, 3.63) is 48.2 Å². The van der Waals surface area contributed by atoms with E-state index in [1.807, 2.05) is 0 Å². The van der Waals surface area contributed by atoms with Crippen LogP contribution in [0.4, 0.5) is 0 Å². The average molecular weight is 294 g/mol. The third-order valence-electron chi connectivity index (χ3n) is 6.06. The minimum absolute atomic E-state index is 0.244. The standard InChI is InChI=1S/C20H26N2/c1-13-8-9-15-11-17(13)19(22-20(15,2)3)10-14-12-21-18-7-5-4-6-16(14)18/h4-7,12,15,17,19,21-22H,1,8-11H2,2-3H3/t15-,17-,19+/m1/s1. The van der Waals surface area contributed by atoms with Gasteiger partial charge >= 0.3 is 0 Å². The minimum Gasteiger partial charge on any atom is -0.361 e. The fourth-order valence-electron chi connectivity index (χ4n) is 4.67. The van der Waals surface area contributed by atoms with Crippen LogP contribution in [0.3, 0.4) is 0 Å². The number of benzene rings is 1. The van der Waals surface area contributed by atoms with Crippen LogP contribution in [0.15, 0.2) is 42.6 Å². The fourth-order valence-corrected chi connectivity index (χ4v) is 4.67. The Balaban J connectivity index is 1.65. The summed E-state index contributed by atoms with van der Waals surface area (Å²) in [4.78, 5) is 3.42. The van der Waals surface area contributed by atoms with E-state index in [2.05, 4.69) is 61.2 Å². The molecule has 1 saturated carbocycles. The van der Waals surface area contributed by atoms with Gasteiger partial charge in [-0.3, -0.25) is 0 Å². The lowest BCUT2D eigenvalue weighted by Gasteiger charge is -2.52. The molecule has 0 unspecified atom stereocenters. The van der Waals surface area contributed by atoms with E-state index in [1.54, 1.807) is 0 Å². The molecule has 3 atom stereocenters. The maximum Gasteiger partial charge on any atom is 0.0456 e. The number of fused-ring (bicyclic) bond motifs is 3. The van der Waals surface area contributed by atoms with Gasteiger partial charge in [0.05, 0.1) is 0 Å². The lowest BCUT2D eigenvalue weighted by Crippen LogP contribution is -2.60. The first kappa shape index (κ1) is 14.1. The highest BCUT2D eigenvalue weighted by Gasteiger charge is 2.44. The van der Waals surface area contributed by atoms with E-state index in [1.165, 1.54) is 41.3 Å². The van der Waals surface area contributed by atoms with Gasteiger partial charge in [0.1, 0.15) is 0 Å². The molecular weight excluding hydrogens is 268 g/mol. The summed E-state index contributed by atoms with van der Waals surface area (Å²) in [7, 11) is 0. The van der Waals surface area contributed by atoms with Gasteiger partial charge in [0.15, 0.2) is 0 Å². The first-order valence-electron chi connectivity index (χ1n) is 8.55. The molecule has 0 radical (unpaired) electrons. The number of piperidine rings is 1. The Morgan fingerprint density at radius 1 is 1.27 bits per heavy atom. The van der Waals surface area contributed by atoms with Gasteiger partial charge in [-0.05, 0) is 63.0 Å². The Morgan fingerprint density at radius 2 is 2.09 bits per heavy atom. The Hall–Kier alpha value is -1.54. The number of para-hydroxylation sites is 1. The van der Waals surface area contributed by atoms with E-state index in [9.17, 15) is 0 Å². The Morgan fingerprint density at radius 3 is 2.95 bits per heavy atom. The molecule has 2 heteroatoms. The van der Waals surface area contributed by atoms with Crippen molar-refractivity contribution in [2.24, 2.45) is 11.8 Å². The average Bonchev–Trinajstić information content (AvgIpc) is 2.89. The molecule has 2 bridgehead atoms. The second-order valence-corrected chi connectivity index (χ2v) is 7.77. The third kappa shape index (κ3) is 2.21. The van der Waals surface area contributed by atoms with Gasteiger partial charge in [0, 0.05) is 28.7 Å². The van der Waals surface area contributed by atoms with Crippen molar-refractivity contribution in [1.82, 2.24) is 10.3 Å². The van der Waals surface area contributed by atoms with E-state index in [-0.39, 0.29) is 5.54 Å². The number of rotatable bonds is 2. The lowest BCUT2D eigenvalue weighted by atomic mass is 9.64.